The average molecular weight is 196 g/mol. The minimum atomic E-state index is 0.778. The number of hydrogen-bond acceptors (Lipinski definition) is 2. The van der Waals surface area contributed by atoms with Gasteiger partial charge in [-0.3, -0.25) is 0 Å². The van der Waals surface area contributed by atoms with Crippen LogP contribution in [0.5, 0.6) is 0 Å². The lowest BCUT2D eigenvalue weighted by atomic mass is 10.2. The van der Waals surface area contributed by atoms with Gasteiger partial charge in [-0.05, 0) is 17.3 Å². The molecule has 0 N–H and O–H groups in total. The van der Waals surface area contributed by atoms with Crippen molar-refractivity contribution in [1.29, 1.82) is 5.26 Å². The molecule has 0 unspecified atom stereocenters. The van der Waals surface area contributed by atoms with Gasteiger partial charge in [-0.15, -0.1) is 0 Å². The molecular formula is C9H6ClNS. The molecule has 0 amide bonds. The molecule has 1 nitrogen and oxygen atoms in total. The van der Waals surface area contributed by atoms with E-state index in [-0.39, 0.29) is 0 Å². The van der Waals surface area contributed by atoms with Crippen LogP contribution >= 0.6 is 23.4 Å². The van der Waals surface area contributed by atoms with Crippen molar-refractivity contribution in [2.24, 2.45) is 0 Å². The van der Waals surface area contributed by atoms with Gasteiger partial charge in [0.25, 0.3) is 0 Å². The number of nitrogens with zero attached hydrogens (tertiary/aromatic N) is 1. The quantitative estimate of drug-likeness (QED) is 0.675. The van der Waals surface area contributed by atoms with Crippen LogP contribution < -0.4 is 0 Å². The zero-order chi connectivity index (χ0) is 8.81. The lowest BCUT2D eigenvalue weighted by Gasteiger charge is -1.98. The molecule has 12 heavy (non-hydrogen) atoms. The van der Waals surface area contributed by atoms with Gasteiger partial charge in [-0.2, -0.15) is 5.26 Å². The van der Waals surface area contributed by atoms with E-state index in [0.717, 1.165) is 22.2 Å². The molecule has 0 aliphatic rings. The summed E-state index contributed by atoms with van der Waals surface area (Å²) < 4.78 is 0. The van der Waals surface area contributed by atoms with Crippen molar-refractivity contribution in [2.45, 2.75) is 0 Å². The summed E-state index contributed by atoms with van der Waals surface area (Å²) in [5.41, 5.74) is 2.39. The molecule has 1 aromatic carbocycles. The number of thioether (sulfide) groups is 1. The highest BCUT2D eigenvalue weighted by Crippen LogP contribution is 2.26. The van der Waals surface area contributed by atoms with Gasteiger partial charge in [-0.1, -0.05) is 41.9 Å². The lowest BCUT2D eigenvalue weighted by Crippen LogP contribution is -1.75. The van der Waals surface area contributed by atoms with Crippen molar-refractivity contribution in [3.8, 4) is 5.40 Å². The van der Waals surface area contributed by atoms with Crippen LogP contribution in [0.4, 0.5) is 0 Å². The van der Waals surface area contributed by atoms with Crippen LogP contribution in [0.15, 0.2) is 35.9 Å². The zero-order valence-electron chi connectivity index (χ0n) is 6.20. The fourth-order valence-corrected chi connectivity index (χ4v) is 1.45. The molecule has 0 heterocycles. The molecule has 0 spiro atoms. The molecular weight excluding hydrogens is 190 g/mol. The SMILES string of the molecule is N#CSC(=CCl)c1ccccc1. The summed E-state index contributed by atoms with van der Waals surface area (Å²) in [7, 11) is 0. The highest BCUT2D eigenvalue weighted by molar-refractivity contribution is 8.12. The Morgan fingerprint density at radius 3 is 2.58 bits per heavy atom. The fourth-order valence-electron chi connectivity index (χ4n) is 0.796. The maximum atomic E-state index is 8.44. The molecule has 0 fully saturated rings. The molecule has 1 aromatic rings. The standard InChI is InChI=1S/C9H6ClNS/c10-6-9(12-7-11)8-4-2-1-3-5-8/h1-6H. The molecule has 0 radical (unpaired) electrons. The number of rotatable bonds is 2. The Bertz CT molecular complexity index is 313. The molecule has 0 saturated heterocycles. The number of nitriles is 1. The first kappa shape index (κ1) is 9.18. The van der Waals surface area contributed by atoms with Gasteiger partial charge in [-0.25, -0.2) is 0 Å². The maximum absolute atomic E-state index is 8.44. The number of hydrogen-bond donors (Lipinski definition) is 0. The van der Waals surface area contributed by atoms with Crippen LogP contribution in [0.3, 0.4) is 0 Å². The molecule has 3 heteroatoms. The summed E-state index contributed by atoms with van der Waals surface area (Å²) in [4.78, 5) is 0.778. The number of benzene rings is 1. The average Bonchev–Trinajstić information content (AvgIpc) is 2.15. The summed E-state index contributed by atoms with van der Waals surface area (Å²) in [6.07, 6.45) is 0. The smallest absolute Gasteiger partial charge is 0.138 e. The van der Waals surface area contributed by atoms with Crippen LogP contribution in [0.25, 0.3) is 4.91 Å². The van der Waals surface area contributed by atoms with E-state index >= 15 is 0 Å². The van der Waals surface area contributed by atoms with Gasteiger partial charge in [0.1, 0.15) is 5.40 Å². The minimum absolute atomic E-state index is 0.778. The highest BCUT2D eigenvalue weighted by Gasteiger charge is 1.99. The Balaban J connectivity index is 2.91. The first-order chi connectivity index (χ1) is 5.88. The van der Waals surface area contributed by atoms with Crippen LogP contribution in [-0.2, 0) is 0 Å². The minimum Gasteiger partial charge on any atom is -0.185 e. The summed E-state index contributed by atoms with van der Waals surface area (Å²) in [6, 6.07) is 9.57. The van der Waals surface area contributed by atoms with Crippen molar-refractivity contribution in [3.05, 3.63) is 41.4 Å². The predicted octanol–water partition coefficient (Wildman–Crippen LogP) is 3.44. The van der Waals surface area contributed by atoms with Crippen LogP contribution in [0.1, 0.15) is 5.56 Å². The molecule has 1 rings (SSSR count). The van der Waals surface area contributed by atoms with E-state index in [1.165, 1.54) is 5.54 Å². The fraction of sp³-hybridized carbons (Fsp3) is 0. The lowest BCUT2D eigenvalue weighted by molar-refractivity contribution is 1.57. The van der Waals surface area contributed by atoms with Crippen molar-refractivity contribution >= 4 is 28.3 Å². The Morgan fingerprint density at radius 1 is 1.42 bits per heavy atom. The maximum Gasteiger partial charge on any atom is 0.138 e. The summed E-state index contributed by atoms with van der Waals surface area (Å²) in [6.45, 7) is 0. The van der Waals surface area contributed by atoms with Crippen molar-refractivity contribution in [3.63, 3.8) is 0 Å². The molecule has 0 bridgehead atoms. The van der Waals surface area contributed by atoms with Crippen LogP contribution in [0, 0.1) is 10.7 Å². The van der Waals surface area contributed by atoms with Crippen molar-refractivity contribution < 1.29 is 0 Å². The predicted molar refractivity (Wildman–Crippen MR) is 53.5 cm³/mol. The van der Waals surface area contributed by atoms with E-state index < -0.39 is 0 Å². The van der Waals surface area contributed by atoms with Gasteiger partial charge in [0.05, 0.1) is 0 Å². The Morgan fingerprint density at radius 2 is 2.08 bits per heavy atom. The third-order valence-electron chi connectivity index (χ3n) is 1.31. The van der Waals surface area contributed by atoms with Crippen molar-refractivity contribution in [2.75, 3.05) is 0 Å². The van der Waals surface area contributed by atoms with Crippen LogP contribution in [0.2, 0.25) is 0 Å². The Kier molecular flexibility index (Phi) is 3.72. The monoisotopic (exact) mass is 195 g/mol. The topological polar surface area (TPSA) is 23.8 Å². The van der Waals surface area contributed by atoms with E-state index in [1.807, 2.05) is 35.7 Å². The van der Waals surface area contributed by atoms with Gasteiger partial charge >= 0.3 is 0 Å². The first-order valence-electron chi connectivity index (χ1n) is 3.30. The van der Waals surface area contributed by atoms with Crippen LogP contribution in [-0.4, -0.2) is 0 Å². The molecule has 60 valence electrons. The van der Waals surface area contributed by atoms with E-state index in [2.05, 4.69) is 0 Å². The number of halogens is 1. The first-order valence-corrected chi connectivity index (χ1v) is 4.55. The van der Waals surface area contributed by atoms with Crippen molar-refractivity contribution in [1.82, 2.24) is 0 Å². The highest BCUT2D eigenvalue weighted by atomic mass is 35.5. The Hall–Kier alpha value is -0.910. The van der Waals surface area contributed by atoms with Gasteiger partial charge in [0.15, 0.2) is 0 Å². The summed E-state index contributed by atoms with van der Waals surface area (Å²) in [5.74, 6) is 0. The second kappa shape index (κ2) is 4.87. The third-order valence-corrected chi connectivity index (χ3v) is 2.33. The van der Waals surface area contributed by atoms with E-state index in [0.29, 0.717) is 0 Å². The molecule has 0 saturated carbocycles. The van der Waals surface area contributed by atoms with Gasteiger partial charge < -0.3 is 0 Å². The second-order valence-electron chi connectivity index (χ2n) is 2.03. The van der Waals surface area contributed by atoms with E-state index in [1.54, 1.807) is 0 Å². The molecule has 0 aromatic heterocycles. The van der Waals surface area contributed by atoms with Gasteiger partial charge in [0, 0.05) is 10.4 Å². The normalized spacial score (nSPS) is 10.8. The third kappa shape index (κ3) is 2.30. The molecule has 0 aliphatic heterocycles. The van der Waals surface area contributed by atoms with E-state index in [9.17, 15) is 0 Å². The largest absolute Gasteiger partial charge is 0.185 e. The second-order valence-corrected chi connectivity index (χ2v) is 3.08. The summed E-state index contributed by atoms with van der Waals surface area (Å²) in [5, 5.41) is 10.4. The summed E-state index contributed by atoms with van der Waals surface area (Å²) >= 11 is 6.61. The zero-order valence-corrected chi connectivity index (χ0v) is 7.77. The molecule has 0 atom stereocenters. The van der Waals surface area contributed by atoms with E-state index in [4.69, 9.17) is 16.9 Å². The number of thiocyanates is 1. The Labute approximate surface area is 80.7 Å². The van der Waals surface area contributed by atoms with Gasteiger partial charge in [0.2, 0.25) is 0 Å². The molecule has 0 aliphatic carbocycles.